The third-order valence-electron chi connectivity index (χ3n) is 6.40. The van der Waals surface area contributed by atoms with Crippen molar-refractivity contribution in [2.75, 3.05) is 33.0 Å². The Hall–Kier alpha value is -1.79. The van der Waals surface area contributed by atoms with Gasteiger partial charge in [-0.05, 0) is 42.9 Å². The normalized spacial score (nSPS) is 33.4. The lowest BCUT2D eigenvalue weighted by Crippen LogP contribution is -2.54. The predicted octanol–water partition coefficient (Wildman–Crippen LogP) is 2.16. The fourth-order valence-corrected chi connectivity index (χ4v) is 5.18. The molecule has 0 unspecified atom stereocenters. The Morgan fingerprint density at radius 3 is 2.76 bits per heavy atom. The van der Waals surface area contributed by atoms with Crippen LogP contribution in [0.25, 0.3) is 0 Å². The number of hydrogen-bond donors (Lipinski definition) is 1. The number of ether oxygens (including phenoxy) is 2. The molecule has 0 radical (unpaired) electrons. The molecule has 6 heteroatoms. The first-order valence-corrected chi connectivity index (χ1v) is 9.38. The highest BCUT2D eigenvalue weighted by Crippen LogP contribution is 2.45. The summed E-state index contributed by atoms with van der Waals surface area (Å²) in [7, 11) is 0. The largest absolute Gasteiger partial charge is 0.454 e. The molecule has 2 saturated carbocycles. The van der Waals surface area contributed by atoms with Gasteiger partial charge in [0.15, 0.2) is 11.5 Å². The minimum absolute atomic E-state index is 0.329. The van der Waals surface area contributed by atoms with Gasteiger partial charge in [-0.1, -0.05) is 11.2 Å². The number of benzene rings is 1. The molecule has 5 rings (SSSR count). The van der Waals surface area contributed by atoms with Gasteiger partial charge in [0.1, 0.15) is 0 Å². The average molecular weight is 343 g/mol. The van der Waals surface area contributed by atoms with Crippen LogP contribution in [0.1, 0.15) is 24.8 Å². The number of rotatable bonds is 3. The van der Waals surface area contributed by atoms with E-state index in [0.717, 1.165) is 49.9 Å². The van der Waals surface area contributed by atoms with Crippen LogP contribution in [0.4, 0.5) is 0 Å². The van der Waals surface area contributed by atoms with Crippen molar-refractivity contribution in [2.24, 2.45) is 17.0 Å². The van der Waals surface area contributed by atoms with Crippen molar-refractivity contribution in [3.63, 3.8) is 0 Å². The number of hydrogen-bond acceptors (Lipinski definition) is 6. The van der Waals surface area contributed by atoms with Crippen molar-refractivity contribution < 1.29 is 14.7 Å². The molecule has 0 aromatic heterocycles. The van der Waals surface area contributed by atoms with Crippen molar-refractivity contribution in [1.82, 2.24) is 9.80 Å². The molecule has 2 heterocycles. The smallest absolute Gasteiger partial charge is 0.231 e. The lowest BCUT2D eigenvalue weighted by atomic mass is 9.91. The maximum absolute atomic E-state index is 9.44. The number of piperazine rings is 1. The van der Waals surface area contributed by atoms with Gasteiger partial charge >= 0.3 is 0 Å². The molecular weight excluding hydrogens is 318 g/mol. The molecule has 3 atom stereocenters. The van der Waals surface area contributed by atoms with Gasteiger partial charge in [0, 0.05) is 38.6 Å². The first kappa shape index (κ1) is 15.5. The maximum atomic E-state index is 9.44. The Morgan fingerprint density at radius 1 is 1.08 bits per heavy atom. The zero-order chi connectivity index (χ0) is 16.8. The summed E-state index contributed by atoms with van der Waals surface area (Å²) in [5, 5.41) is 13.1. The highest BCUT2D eigenvalue weighted by atomic mass is 16.7. The quantitative estimate of drug-likeness (QED) is 0.673. The van der Waals surface area contributed by atoms with Gasteiger partial charge < -0.3 is 14.7 Å². The molecule has 2 aliphatic carbocycles. The summed E-state index contributed by atoms with van der Waals surface area (Å²) >= 11 is 0. The van der Waals surface area contributed by atoms with Crippen LogP contribution in [0.2, 0.25) is 0 Å². The Kier molecular flexibility index (Phi) is 3.82. The second-order valence-electron chi connectivity index (χ2n) is 7.74. The average Bonchev–Trinajstić information content (AvgIpc) is 3.37. The SMILES string of the molecule is O/N=C1/[C@H]2CC[C@@H](C2)[C@H]1N1CCN(Cc2ccc3c(c2)OCO3)CC1. The molecular formula is C19H25N3O3. The summed E-state index contributed by atoms with van der Waals surface area (Å²) in [5.74, 6) is 2.95. The molecule has 6 nitrogen and oxygen atoms in total. The molecule has 1 saturated heterocycles. The van der Waals surface area contributed by atoms with E-state index in [4.69, 9.17) is 9.47 Å². The molecule has 1 N–H and O–H groups in total. The highest BCUT2D eigenvalue weighted by molar-refractivity contribution is 5.94. The summed E-state index contributed by atoms with van der Waals surface area (Å²) in [6.07, 6.45) is 3.73. The van der Waals surface area contributed by atoms with Gasteiger partial charge in [0.2, 0.25) is 6.79 Å². The van der Waals surface area contributed by atoms with Crippen molar-refractivity contribution in [3.8, 4) is 11.5 Å². The van der Waals surface area contributed by atoms with E-state index in [9.17, 15) is 5.21 Å². The van der Waals surface area contributed by atoms with Crippen molar-refractivity contribution in [2.45, 2.75) is 31.8 Å². The van der Waals surface area contributed by atoms with E-state index in [2.05, 4.69) is 27.1 Å². The van der Waals surface area contributed by atoms with E-state index in [0.29, 0.717) is 24.7 Å². The Balaban J connectivity index is 1.20. The third-order valence-corrected chi connectivity index (χ3v) is 6.40. The number of nitrogens with zero attached hydrogens (tertiary/aromatic N) is 3. The first-order valence-electron chi connectivity index (χ1n) is 9.38. The van der Waals surface area contributed by atoms with Crippen LogP contribution in [-0.2, 0) is 6.54 Å². The van der Waals surface area contributed by atoms with E-state index in [1.54, 1.807) is 0 Å². The molecule has 1 aromatic carbocycles. The molecule has 4 aliphatic rings. The maximum Gasteiger partial charge on any atom is 0.231 e. The van der Waals surface area contributed by atoms with Crippen LogP contribution in [0, 0.1) is 11.8 Å². The van der Waals surface area contributed by atoms with Crippen LogP contribution in [0.5, 0.6) is 11.5 Å². The van der Waals surface area contributed by atoms with Crippen molar-refractivity contribution in [1.29, 1.82) is 0 Å². The molecule has 25 heavy (non-hydrogen) atoms. The third kappa shape index (κ3) is 2.68. The molecule has 134 valence electrons. The van der Waals surface area contributed by atoms with E-state index in [-0.39, 0.29) is 0 Å². The van der Waals surface area contributed by atoms with Crippen LogP contribution >= 0.6 is 0 Å². The summed E-state index contributed by atoms with van der Waals surface area (Å²) in [6.45, 7) is 5.49. The van der Waals surface area contributed by atoms with Crippen molar-refractivity contribution in [3.05, 3.63) is 23.8 Å². The topological polar surface area (TPSA) is 57.5 Å². The van der Waals surface area contributed by atoms with Crippen LogP contribution in [0.3, 0.4) is 0 Å². The molecule has 3 fully saturated rings. The van der Waals surface area contributed by atoms with E-state index >= 15 is 0 Å². The minimum atomic E-state index is 0.329. The van der Waals surface area contributed by atoms with Crippen LogP contribution < -0.4 is 9.47 Å². The van der Waals surface area contributed by atoms with Gasteiger partial charge in [-0.3, -0.25) is 9.80 Å². The molecule has 2 bridgehead atoms. The Bertz CT molecular complexity index is 684. The fourth-order valence-electron chi connectivity index (χ4n) is 5.18. The summed E-state index contributed by atoms with van der Waals surface area (Å²) in [6, 6.07) is 6.62. The number of fused-ring (bicyclic) bond motifs is 3. The van der Waals surface area contributed by atoms with Crippen LogP contribution in [0.15, 0.2) is 23.4 Å². The Labute approximate surface area is 148 Å². The summed E-state index contributed by atoms with van der Waals surface area (Å²) < 4.78 is 10.9. The molecule has 0 spiro atoms. The summed E-state index contributed by atoms with van der Waals surface area (Å²) in [5.41, 5.74) is 2.33. The second-order valence-corrected chi connectivity index (χ2v) is 7.74. The monoisotopic (exact) mass is 343 g/mol. The predicted molar refractivity (Wildman–Crippen MR) is 93.3 cm³/mol. The van der Waals surface area contributed by atoms with E-state index in [1.807, 2.05) is 6.07 Å². The van der Waals surface area contributed by atoms with Crippen LogP contribution in [-0.4, -0.2) is 59.7 Å². The fraction of sp³-hybridized carbons (Fsp3) is 0.632. The zero-order valence-electron chi connectivity index (χ0n) is 14.4. The Morgan fingerprint density at radius 2 is 1.92 bits per heavy atom. The highest BCUT2D eigenvalue weighted by Gasteiger charge is 2.48. The summed E-state index contributed by atoms with van der Waals surface area (Å²) in [4.78, 5) is 5.05. The van der Waals surface area contributed by atoms with E-state index in [1.165, 1.54) is 24.8 Å². The molecule has 2 aliphatic heterocycles. The van der Waals surface area contributed by atoms with Gasteiger partial charge in [0.05, 0.1) is 11.8 Å². The van der Waals surface area contributed by atoms with E-state index < -0.39 is 0 Å². The standard InChI is InChI=1S/C19H25N3O3/c23-20-18-14-2-3-15(10-14)19(18)22-7-5-21(6-8-22)11-13-1-4-16-17(9-13)25-12-24-16/h1,4,9,14-15,19,23H,2-3,5-8,10-12H2/b20-18-/t14-,15-,19+/m0/s1. The first-order chi connectivity index (χ1) is 12.3. The lowest BCUT2D eigenvalue weighted by Gasteiger charge is -2.41. The van der Waals surface area contributed by atoms with Crippen molar-refractivity contribution >= 4 is 5.71 Å². The second kappa shape index (κ2) is 6.18. The molecule has 0 amide bonds. The van der Waals surface area contributed by atoms with Gasteiger partial charge in [-0.2, -0.15) is 0 Å². The molecule has 1 aromatic rings. The zero-order valence-corrected chi connectivity index (χ0v) is 14.4. The minimum Gasteiger partial charge on any atom is -0.454 e. The van der Waals surface area contributed by atoms with Gasteiger partial charge in [-0.15, -0.1) is 0 Å². The van der Waals surface area contributed by atoms with Gasteiger partial charge in [0.25, 0.3) is 0 Å². The number of oxime groups is 1. The lowest BCUT2D eigenvalue weighted by molar-refractivity contribution is 0.0945. The van der Waals surface area contributed by atoms with Gasteiger partial charge in [-0.25, -0.2) is 0 Å².